The van der Waals surface area contributed by atoms with Crippen LogP contribution in [0.1, 0.15) is 18.4 Å². The lowest BCUT2D eigenvalue weighted by atomic mass is 10.2. The number of para-hydroxylation sites is 1. The van der Waals surface area contributed by atoms with Gasteiger partial charge < -0.3 is 15.1 Å². The van der Waals surface area contributed by atoms with Gasteiger partial charge in [-0.3, -0.25) is 4.79 Å². The van der Waals surface area contributed by atoms with Crippen molar-refractivity contribution in [2.75, 3.05) is 42.9 Å². The van der Waals surface area contributed by atoms with Gasteiger partial charge in [-0.1, -0.05) is 18.2 Å². The van der Waals surface area contributed by atoms with Gasteiger partial charge in [-0.15, -0.1) is 12.4 Å². The summed E-state index contributed by atoms with van der Waals surface area (Å²) < 4.78 is 37.8. The first kappa shape index (κ1) is 22.7. The number of nitrogens with zero attached hydrogens (tertiary/aromatic N) is 4. The van der Waals surface area contributed by atoms with Crippen LogP contribution in [0.5, 0.6) is 0 Å². The Kier molecular flexibility index (Phi) is 8.07. The maximum atomic E-state index is 12.6. The molecule has 1 fully saturated rings. The summed E-state index contributed by atoms with van der Waals surface area (Å²) in [5.74, 6) is 0.343. The van der Waals surface area contributed by atoms with Gasteiger partial charge in [-0.25, -0.2) is 9.97 Å². The van der Waals surface area contributed by atoms with Gasteiger partial charge in [0.1, 0.15) is 0 Å². The summed E-state index contributed by atoms with van der Waals surface area (Å²) in [6.07, 6.45) is -1.68. The highest BCUT2D eigenvalue weighted by atomic mass is 35.5. The number of halogens is 4. The summed E-state index contributed by atoms with van der Waals surface area (Å²) in [5, 5.41) is 3.27. The Balaban J connectivity index is 0.00000300. The molecule has 1 N–H and O–H groups in total. The van der Waals surface area contributed by atoms with Crippen LogP contribution >= 0.6 is 12.4 Å². The van der Waals surface area contributed by atoms with Crippen molar-refractivity contribution >= 4 is 29.9 Å². The Morgan fingerprint density at radius 1 is 1.03 bits per heavy atom. The zero-order valence-corrected chi connectivity index (χ0v) is 16.5. The molecule has 6 nitrogen and oxygen atoms in total. The van der Waals surface area contributed by atoms with Gasteiger partial charge in [-0.2, -0.15) is 13.2 Å². The van der Waals surface area contributed by atoms with Crippen LogP contribution in [0, 0.1) is 0 Å². The number of alkyl halides is 3. The number of carbonyl (C=O) groups is 1. The number of anilines is 2. The number of piperazine rings is 1. The van der Waals surface area contributed by atoms with E-state index in [1.165, 1.54) is 0 Å². The molecule has 2 heterocycles. The van der Waals surface area contributed by atoms with Crippen LogP contribution in [-0.2, 0) is 11.0 Å². The van der Waals surface area contributed by atoms with E-state index in [4.69, 9.17) is 0 Å². The molecule has 2 aromatic rings. The smallest absolute Gasteiger partial charge is 0.385 e. The summed E-state index contributed by atoms with van der Waals surface area (Å²) >= 11 is 0. The van der Waals surface area contributed by atoms with Crippen molar-refractivity contribution in [1.29, 1.82) is 0 Å². The minimum atomic E-state index is -4.45. The number of amides is 1. The van der Waals surface area contributed by atoms with Crippen molar-refractivity contribution in [2.24, 2.45) is 0 Å². The SMILES string of the molecule is Cl.O=C(CCCNc1ccccc1)N1CCN(c2ncc(C(F)(F)F)cn2)CC1. The Morgan fingerprint density at radius 2 is 1.66 bits per heavy atom. The molecule has 1 amide bonds. The summed E-state index contributed by atoms with van der Waals surface area (Å²) in [4.78, 5) is 23.5. The third kappa shape index (κ3) is 6.49. The van der Waals surface area contributed by atoms with Crippen LogP contribution < -0.4 is 10.2 Å². The van der Waals surface area contributed by atoms with Gasteiger partial charge in [0.2, 0.25) is 11.9 Å². The van der Waals surface area contributed by atoms with Crippen molar-refractivity contribution in [3.05, 3.63) is 48.3 Å². The second kappa shape index (κ2) is 10.3. The molecule has 0 atom stereocenters. The van der Waals surface area contributed by atoms with E-state index in [2.05, 4.69) is 15.3 Å². The van der Waals surface area contributed by atoms with E-state index < -0.39 is 11.7 Å². The number of hydrogen-bond acceptors (Lipinski definition) is 5. The van der Waals surface area contributed by atoms with Crippen molar-refractivity contribution < 1.29 is 18.0 Å². The average molecular weight is 430 g/mol. The van der Waals surface area contributed by atoms with Crippen LogP contribution in [0.15, 0.2) is 42.7 Å². The molecule has 0 aliphatic carbocycles. The van der Waals surface area contributed by atoms with Crippen LogP contribution in [0.25, 0.3) is 0 Å². The summed E-state index contributed by atoms with van der Waals surface area (Å²) in [5.41, 5.74) is 0.161. The maximum absolute atomic E-state index is 12.6. The number of aromatic nitrogens is 2. The van der Waals surface area contributed by atoms with Crippen molar-refractivity contribution in [1.82, 2.24) is 14.9 Å². The minimum absolute atomic E-state index is 0. The molecule has 10 heteroatoms. The molecule has 0 saturated carbocycles. The fraction of sp³-hybridized carbons (Fsp3) is 0.421. The predicted molar refractivity (Wildman–Crippen MR) is 107 cm³/mol. The van der Waals surface area contributed by atoms with E-state index >= 15 is 0 Å². The van der Waals surface area contributed by atoms with E-state index in [-0.39, 0.29) is 24.3 Å². The Hall–Kier alpha value is -2.55. The molecule has 1 aromatic carbocycles. The standard InChI is InChI=1S/C19H22F3N5O.ClH/c20-19(21,22)15-13-24-18(25-14-15)27-11-9-26(10-12-27)17(28)7-4-8-23-16-5-2-1-3-6-16;/h1-3,5-6,13-14,23H,4,7-12H2;1H. The molecule has 1 aromatic heterocycles. The molecule has 3 rings (SSSR count). The van der Waals surface area contributed by atoms with E-state index in [0.717, 1.165) is 31.0 Å². The normalized spacial score (nSPS) is 14.3. The molecular weight excluding hydrogens is 407 g/mol. The van der Waals surface area contributed by atoms with Gasteiger partial charge in [0.25, 0.3) is 0 Å². The van der Waals surface area contributed by atoms with Gasteiger partial charge >= 0.3 is 6.18 Å². The Labute approximate surface area is 173 Å². The lowest BCUT2D eigenvalue weighted by Crippen LogP contribution is -2.49. The molecular formula is C19H23ClF3N5O. The summed E-state index contributed by atoms with van der Waals surface area (Å²) in [6, 6.07) is 9.81. The molecule has 0 unspecified atom stereocenters. The maximum Gasteiger partial charge on any atom is 0.419 e. The van der Waals surface area contributed by atoms with Gasteiger partial charge in [0.05, 0.1) is 5.56 Å². The predicted octanol–water partition coefficient (Wildman–Crippen LogP) is 3.46. The molecule has 1 aliphatic rings. The van der Waals surface area contributed by atoms with Crippen LogP contribution in [0.2, 0.25) is 0 Å². The highest BCUT2D eigenvalue weighted by molar-refractivity contribution is 5.85. The largest absolute Gasteiger partial charge is 0.419 e. The highest BCUT2D eigenvalue weighted by Crippen LogP contribution is 2.28. The second-order valence-corrected chi connectivity index (χ2v) is 6.53. The molecule has 1 saturated heterocycles. The van der Waals surface area contributed by atoms with E-state index in [0.29, 0.717) is 32.6 Å². The molecule has 0 radical (unpaired) electrons. The topological polar surface area (TPSA) is 61.4 Å². The van der Waals surface area contributed by atoms with E-state index in [1.807, 2.05) is 30.3 Å². The summed E-state index contributed by atoms with van der Waals surface area (Å²) in [6.45, 7) is 2.73. The number of hydrogen-bond donors (Lipinski definition) is 1. The van der Waals surface area contributed by atoms with Crippen molar-refractivity contribution in [3.63, 3.8) is 0 Å². The molecule has 0 spiro atoms. The quantitative estimate of drug-likeness (QED) is 0.712. The van der Waals surface area contributed by atoms with Crippen molar-refractivity contribution in [3.8, 4) is 0 Å². The number of carbonyl (C=O) groups excluding carboxylic acids is 1. The average Bonchev–Trinajstić information content (AvgIpc) is 2.71. The molecule has 29 heavy (non-hydrogen) atoms. The van der Waals surface area contributed by atoms with Gasteiger partial charge in [0, 0.05) is 57.2 Å². The third-order valence-electron chi connectivity index (χ3n) is 4.55. The number of nitrogens with one attached hydrogen (secondary N) is 1. The fourth-order valence-electron chi connectivity index (χ4n) is 2.97. The Morgan fingerprint density at radius 3 is 2.24 bits per heavy atom. The second-order valence-electron chi connectivity index (χ2n) is 6.53. The van der Waals surface area contributed by atoms with Crippen LogP contribution in [0.4, 0.5) is 24.8 Å². The molecule has 158 valence electrons. The zero-order chi connectivity index (χ0) is 20.0. The first-order valence-corrected chi connectivity index (χ1v) is 9.14. The number of benzene rings is 1. The van der Waals surface area contributed by atoms with E-state index in [1.54, 1.807) is 9.80 Å². The molecule has 0 bridgehead atoms. The van der Waals surface area contributed by atoms with E-state index in [9.17, 15) is 18.0 Å². The zero-order valence-electron chi connectivity index (χ0n) is 15.7. The first-order valence-electron chi connectivity index (χ1n) is 9.14. The van der Waals surface area contributed by atoms with Gasteiger partial charge in [0.15, 0.2) is 0 Å². The summed E-state index contributed by atoms with van der Waals surface area (Å²) in [7, 11) is 0. The van der Waals surface area contributed by atoms with Gasteiger partial charge in [-0.05, 0) is 18.6 Å². The fourth-order valence-corrected chi connectivity index (χ4v) is 2.97. The molecule has 1 aliphatic heterocycles. The monoisotopic (exact) mass is 429 g/mol. The lowest BCUT2D eigenvalue weighted by Gasteiger charge is -2.34. The van der Waals surface area contributed by atoms with Crippen molar-refractivity contribution in [2.45, 2.75) is 19.0 Å². The highest BCUT2D eigenvalue weighted by Gasteiger charge is 2.32. The van der Waals surface area contributed by atoms with Crippen LogP contribution in [-0.4, -0.2) is 53.5 Å². The number of rotatable bonds is 6. The lowest BCUT2D eigenvalue weighted by molar-refractivity contribution is -0.138. The Bertz CT molecular complexity index is 766. The van der Waals surface area contributed by atoms with Crippen LogP contribution in [0.3, 0.4) is 0 Å². The minimum Gasteiger partial charge on any atom is -0.385 e. The third-order valence-corrected chi connectivity index (χ3v) is 4.55. The first-order chi connectivity index (χ1) is 13.4.